The number of nitrogens with zero attached hydrogens (tertiary/aromatic N) is 1. The van der Waals surface area contributed by atoms with Gasteiger partial charge in [0, 0.05) is 18.3 Å². The zero-order valence-corrected chi connectivity index (χ0v) is 17.0. The van der Waals surface area contributed by atoms with Crippen LogP contribution in [0.3, 0.4) is 0 Å². The van der Waals surface area contributed by atoms with Gasteiger partial charge in [0.25, 0.3) is 0 Å². The number of nitrogens with one attached hydrogen (secondary N) is 1. The number of hydrogen-bond donors (Lipinski definition) is 2. The molecule has 28 heavy (non-hydrogen) atoms. The van der Waals surface area contributed by atoms with Gasteiger partial charge in [0.2, 0.25) is 0 Å². The molecule has 2 aromatic carbocycles. The van der Waals surface area contributed by atoms with Crippen molar-refractivity contribution >= 4 is 5.69 Å². The summed E-state index contributed by atoms with van der Waals surface area (Å²) in [5, 5.41) is 3.95. The lowest BCUT2D eigenvalue weighted by molar-refractivity contribution is 0.153. The number of nitrogen functional groups attached to an aromatic ring is 1. The lowest BCUT2D eigenvalue weighted by atomic mass is 9.88. The van der Waals surface area contributed by atoms with Crippen LogP contribution in [-0.2, 0) is 0 Å². The Morgan fingerprint density at radius 3 is 2.25 bits per heavy atom. The van der Waals surface area contributed by atoms with Gasteiger partial charge in [-0.1, -0.05) is 67.8 Å². The standard InChI is InChI=1S/C25H35N3/c26-24-14-8-7-13-23(24)25(21-11-5-2-6-12-21)27-22-15-17-28(18-16-22)19-20-9-3-1-4-10-20/h2,5-8,11-14,20,22,25,27H,1,3-4,9-10,15-19,26H2. The molecule has 2 aromatic rings. The number of para-hydroxylation sites is 1. The van der Waals surface area contributed by atoms with Crippen LogP contribution in [0.2, 0.25) is 0 Å². The van der Waals surface area contributed by atoms with Crippen molar-refractivity contribution < 1.29 is 0 Å². The largest absolute Gasteiger partial charge is 0.398 e. The van der Waals surface area contributed by atoms with Crippen LogP contribution in [0.15, 0.2) is 54.6 Å². The van der Waals surface area contributed by atoms with Crippen LogP contribution in [0.4, 0.5) is 5.69 Å². The summed E-state index contributed by atoms with van der Waals surface area (Å²) in [6, 6.07) is 19.7. The van der Waals surface area contributed by atoms with Crippen LogP contribution in [0, 0.1) is 5.92 Å². The summed E-state index contributed by atoms with van der Waals surface area (Å²) in [7, 11) is 0. The second-order valence-corrected chi connectivity index (χ2v) is 8.72. The normalized spacial score (nSPS) is 20.9. The molecular weight excluding hydrogens is 342 g/mol. The van der Waals surface area contributed by atoms with E-state index in [1.165, 1.54) is 75.7 Å². The first-order chi connectivity index (χ1) is 13.8. The van der Waals surface area contributed by atoms with Crippen LogP contribution >= 0.6 is 0 Å². The molecule has 2 fully saturated rings. The molecule has 0 aromatic heterocycles. The van der Waals surface area contributed by atoms with Gasteiger partial charge in [0.05, 0.1) is 6.04 Å². The molecule has 0 spiro atoms. The molecule has 2 aliphatic rings. The van der Waals surface area contributed by atoms with Crippen molar-refractivity contribution in [2.45, 2.75) is 57.0 Å². The Morgan fingerprint density at radius 1 is 0.857 bits per heavy atom. The van der Waals surface area contributed by atoms with Crippen LogP contribution in [-0.4, -0.2) is 30.6 Å². The highest BCUT2D eigenvalue weighted by Crippen LogP contribution is 2.29. The van der Waals surface area contributed by atoms with E-state index in [1.54, 1.807) is 0 Å². The van der Waals surface area contributed by atoms with Crippen molar-refractivity contribution in [3.8, 4) is 0 Å². The summed E-state index contributed by atoms with van der Waals surface area (Å²) in [5.41, 5.74) is 9.70. The second kappa shape index (κ2) is 9.58. The van der Waals surface area contributed by atoms with Gasteiger partial charge < -0.3 is 16.0 Å². The summed E-state index contributed by atoms with van der Waals surface area (Å²) in [6.45, 7) is 3.76. The van der Waals surface area contributed by atoms with Gasteiger partial charge in [-0.2, -0.15) is 0 Å². The maximum atomic E-state index is 6.34. The molecule has 1 saturated heterocycles. The molecule has 1 heterocycles. The van der Waals surface area contributed by atoms with E-state index in [0.29, 0.717) is 6.04 Å². The van der Waals surface area contributed by atoms with Gasteiger partial charge in [0.15, 0.2) is 0 Å². The van der Waals surface area contributed by atoms with Crippen molar-refractivity contribution in [3.05, 3.63) is 65.7 Å². The summed E-state index contributed by atoms with van der Waals surface area (Å²) in [6.07, 6.45) is 9.68. The molecule has 1 aliphatic heterocycles. The Balaban J connectivity index is 1.39. The quantitative estimate of drug-likeness (QED) is 0.697. The van der Waals surface area contributed by atoms with Crippen LogP contribution < -0.4 is 11.1 Å². The Morgan fingerprint density at radius 2 is 1.54 bits per heavy atom. The molecule has 1 saturated carbocycles. The fraction of sp³-hybridized carbons (Fsp3) is 0.520. The zero-order chi connectivity index (χ0) is 19.2. The van der Waals surface area contributed by atoms with Gasteiger partial charge in [-0.05, 0) is 61.9 Å². The zero-order valence-electron chi connectivity index (χ0n) is 17.0. The van der Waals surface area contributed by atoms with Crippen molar-refractivity contribution in [2.24, 2.45) is 5.92 Å². The van der Waals surface area contributed by atoms with E-state index in [0.717, 1.165) is 11.6 Å². The minimum absolute atomic E-state index is 0.164. The summed E-state index contributed by atoms with van der Waals surface area (Å²) >= 11 is 0. The predicted octanol–water partition coefficient (Wildman–Crippen LogP) is 4.99. The minimum Gasteiger partial charge on any atom is -0.398 e. The van der Waals surface area contributed by atoms with E-state index >= 15 is 0 Å². The van der Waals surface area contributed by atoms with E-state index < -0.39 is 0 Å². The number of anilines is 1. The third-order valence-electron chi connectivity index (χ3n) is 6.67. The molecule has 4 rings (SSSR count). The smallest absolute Gasteiger partial charge is 0.0599 e. The third-order valence-corrected chi connectivity index (χ3v) is 6.67. The van der Waals surface area contributed by atoms with E-state index in [4.69, 9.17) is 5.73 Å². The van der Waals surface area contributed by atoms with Gasteiger partial charge in [-0.15, -0.1) is 0 Å². The number of benzene rings is 2. The van der Waals surface area contributed by atoms with E-state index in [1.807, 2.05) is 12.1 Å². The molecule has 3 N–H and O–H groups in total. The molecule has 3 nitrogen and oxygen atoms in total. The van der Waals surface area contributed by atoms with Gasteiger partial charge in [0.1, 0.15) is 0 Å². The number of piperidine rings is 1. The van der Waals surface area contributed by atoms with E-state index in [9.17, 15) is 0 Å². The van der Waals surface area contributed by atoms with E-state index in [-0.39, 0.29) is 6.04 Å². The lowest BCUT2D eigenvalue weighted by Crippen LogP contribution is -2.45. The van der Waals surface area contributed by atoms with Crippen LogP contribution in [0.25, 0.3) is 0 Å². The third kappa shape index (κ3) is 4.95. The summed E-state index contributed by atoms with van der Waals surface area (Å²) in [5.74, 6) is 0.944. The summed E-state index contributed by atoms with van der Waals surface area (Å²) < 4.78 is 0. The lowest BCUT2D eigenvalue weighted by Gasteiger charge is -2.37. The highest BCUT2D eigenvalue weighted by molar-refractivity contribution is 5.51. The maximum absolute atomic E-state index is 6.34. The molecule has 150 valence electrons. The number of nitrogens with two attached hydrogens (primary N) is 1. The Bertz CT molecular complexity index is 716. The first-order valence-electron chi connectivity index (χ1n) is 11.2. The topological polar surface area (TPSA) is 41.3 Å². The second-order valence-electron chi connectivity index (χ2n) is 8.72. The molecule has 1 atom stereocenters. The first-order valence-corrected chi connectivity index (χ1v) is 11.2. The minimum atomic E-state index is 0.164. The predicted molar refractivity (Wildman–Crippen MR) is 118 cm³/mol. The van der Waals surface area contributed by atoms with Crippen molar-refractivity contribution in [2.75, 3.05) is 25.4 Å². The Kier molecular flexibility index (Phi) is 6.66. The Hall–Kier alpha value is -1.84. The number of rotatable bonds is 6. The first kappa shape index (κ1) is 19.5. The molecule has 1 unspecified atom stereocenters. The fourth-order valence-electron chi connectivity index (χ4n) is 5.04. The highest BCUT2D eigenvalue weighted by Gasteiger charge is 2.26. The molecular formula is C25H35N3. The van der Waals surface area contributed by atoms with Crippen molar-refractivity contribution in [1.29, 1.82) is 0 Å². The molecule has 1 aliphatic carbocycles. The van der Waals surface area contributed by atoms with Gasteiger partial charge in [-0.25, -0.2) is 0 Å². The maximum Gasteiger partial charge on any atom is 0.0599 e. The number of hydrogen-bond acceptors (Lipinski definition) is 3. The Labute approximate surface area is 170 Å². The molecule has 0 amide bonds. The van der Waals surface area contributed by atoms with Crippen molar-refractivity contribution in [1.82, 2.24) is 10.2 Å². The fourth-order valence-corrected chi connectivity index (χ4v) is 5.04. The number of likely N-dealkylation sites (tertiary alicyclic amines) is 1. The average Bonchev–Trinajstić information content (AvgIpc) is 2.75. The van der Waals surface area contributed by atoms with Gasteiger partial charge >= 0.3 is 0 Å². The average molecular weight is 378 g/mol. The van der Waals surface area contributed by atoms with Crippen LogP contribution in [0.1, 0.15) is 62.1 Å². The molecule has 0 radical (unpaired) electrons. The van der Waals surface area contributed by atoms with Crippen molar-refractivity contribution in [3.63, 3.8) is 0 Å². The van der Waals surface area contributed by atoms with E-state index in [2.05, 4.69) is 52.7 Å². The SMILES string of the molecule is Nc1ccccc1C(NC1CCN(CC2CCCCC2)CC1)c1ccccc1. The van der Waals surface area contributed by atoms with Crippen LogP contribution in [0.5, 0.6) is 0 Å². The monoisotopic (exact) mass is 377 g/mol. The molecule has 3 heteroatoms. The van der Waals surface area contributed by atoms with Gasteiger partial charge in [-0.3, -0.25) is 0 Å². The summed E-state index contributed by atoms with van der Waals surface area (Å²) in [4.78, 5) is 2.71. The molecule has 0 bridgehead atoms. The highest BCUT2D eigenvalue weighted by atomic mass is 15.1.